The maximum Gasteiger partial charge on any atom is 0.326 e. The molecule has 0 heterocycles. The van der Waals surface area contributed by atoms with Crippen LogP contribution < -0.4 is 5.32 Å². The molecular formula is C14H29N3O4. The molecule has 0 aliphatic rings. The van der Waals surface area contributed by atoms with E-state index in [2.05, 4.69) is 24.1 Å². The fourth-order valence-corrected chi connectivity index (χ4v) is 2.06. The Morgan fingerprint density at radius 3 is 2.14 bits per heavy atom. The number of hydrogen-bond donors (Lipinski definition) is 3. The Morgan fingerprint density at radius 2 is 1.71 bits per heavy atom. The highest BCUT2D eigenvalue weighted by atomic mass is 16.4. The molecule has 21 heavy (non-hydrogen) atoms. The molecule has 7 nitrogen and oxygen atoms in total. The van der Waals surface area contributed by atoms with Gasteiger partial charge in [0.05, 0.1) is 0 Å². The number of aliphatic hydroxyl groups excluding tert-OH is 1. The van der Waals surface area contributed by atoms with E-state index in [0.29, 0.717) is 13.1 Å². The lowest BCUT2D eigenvalue weighted by atomic mass is 10.2. The molecule has 0 aliphatic heterocycles. The van der Waals surface area contributed by atoms with Crippen LogP contribution in [0.2, 0.25) is 0 Å². The molecule has 0 bridgehead atoms. The molecule has 1 unspecified atom stereocenters. The normalized spacial score (nSPS) is 12.2. The van der Waals surface area contributed by atoms with E-state index in [1.807, 2.05) is 6.92 Å². The van der Waals surface area contributed by atoms with E-state index < -0.39 is 18.0 Å². The average Bonchev–Trinajstić information content (AvgIpc) is 2.46. The zero-order valence-electron chi connectivity index (χ0n) is 13.3. The molecule has 0 saturated carbocycles. The molecule has 0 aromatic heterocycles. The number of amides is 2. The van der Waals surface area contributed by atoms with Gasteiger partial charge in [-0.3, -0.25) is 0 Å². The summed E-state index contributed by atoms with van der Waals surface area (Å²) in [5.74, 6) is -1.13. The van der Waals surface area contributed by atoms with Gasteiger partial charge in [-0.15, -0.1) is 0 Å². The van der Waals surface area contributed by atoms with E-state index in [4.69, 9.17) is 10.2 Å². The van der Waals surface area contributed by atoms with Gasteiger partial charge in [0.2, 0.25) is 0 Å². The van der Waals surface area contributed by atoms with Crippen molar-refractivity contribution in [3.63, 3.8) is 0 Å². The summed E-state index contributed by atoms with van der Waals surface area (Å²) in [6.07, 6.45) is 0.860. The number of carbonyl (C=O) groups is 2. The molecular weight excluding hydrogens is 274 g/mol. The van der Waals surface area contributed by atoms with Crippen LogP contribution >= 0.6 is 0 Å². The number of aliphatic hydroxyl groups is 1. The zero-order chi connectivity index (χ0) is 16.3. The first kappa shape index (κ1) is 19.7. The van der Waals surface area contributed by atoms with Gasteiger partial charge in [0.25, 0.3) is 0 Å². The van der Waals surface area contributed by atoms with Gasteiger partial charge >= 0.3 is 12.0 Å². The van der Waals surface area contributed by atoms with Crippen molar-refractivity contribution in [2.24, 2.45) is 0 Å². The van der Waals surface area contributed by atoms with Gasteiger partial charge in [0.1, 0.15) is 6.04 Å². The van der Waals surface area contributed by atoms with Gasteiger partial charge in [0.15, 0.2) is 0 Å². The molecule has 0 fully saturated rings. The van der Waals surface area contributed by atoms with Gasteiger partial charge in [0, 0.05) is 26.1 Å². The number of rotatable bonds is 11. The van der Waals surface area contributed by atoms with Crippen LogP contribution in [-0.4, -0.2) is 77.4 Å². The molecule has 7 heteroatoms. The Labute approximate surface area is 126 Å². The minimum absolute atomic E-state index is 0.0120. The van der Waals surface area contributed by atoms with Crippen molar-refractivity contribution >= 4 is 12.0 Å². The van der Waals surface area contributed by atoms with Gasteiger partial charge in [-0.25, -0.2) is 9.59 Å². The number of urea groups is 1. The van der Waals surface area contributed by atoms with Gasteiger partial charge in [-0.1, -0.05) is 13.8 Å². The summed E-state index contributed by atoms with van der Waals surface area (Å²) in [6.45, 7) is 9.76. The largest absolute Gasteiger partial charge is 0.480 e. The molecule has 0 saturated heterocycles. The third-order valence-electron chi connectivity index (χ3n) is 3.48. The Bertz CT molecular complexity index is 309. The number of aliphatic carboxylic acids is 1. The summed E-state index contributed by atoms with van der Waals surface area (Å²) in [7, 11) is 0. The van der Waals surface area contributed by atoms with Gasteiger partial charge < -0.3 is 25.3 Å². The van der Waals surface area contributed by atoms with Crippen LogP contribution in [0.3, 0.4) is 0 Å². The van der Waals surface area contributed by atoms with Crippen LogP contribution in [0, 0.1) is 0 Å². The quantitative estimate of drug-likeness (QED) is 0.519. The van der Waals surface area contributed by atoms with E-state index >= 15 is 0 Å². The SMILES string of the molecule is CCN(CC)CCCN(CC)C(=O)NC(CCO)C(=O)O. The molecule has 0 aliphatic carbocycles. The number of nitrogens with one attached hydrogen (secondary N) is 1. The number of hydrogen-bond acceptors (Lipinski definition) is 4. The van der Waals surface area contributed by atoms with Gasteiger partial charge in [-0.2, -0.15) is 0 Å². The molecule has 1 atom stereocenters. The van der Waals surface area contributed by atoms with E-state index in [0.717, 1.165) is 26.1 Å². The van der Waals surface area contributed by atoms with Crippen molar-refractivity contribution in [3.05, 3.63) is 0 Å². The smallest absolute Gasteiger partial charge is 0.326 e. The summed E-state index contributed by atoms with van der Waals surface area (Å²) >= 11 is 0. The summed E-state index contributed by atoms with van der Waals surface area (Å²) in [5.41, 5.74) is 0. The average molecular weight is 303 g/mol. The van der Waals surface area contributed by atoms with Crippen molar-refractivity contribution in [2.75, 3.05) is 39.3 Å². The summed E-state index contributed by atoms with van der Waals surface area (Å²) in [6, 6.07) is -1.43. The fourth-order valence-electron chi connectivity index (χ4n) is 2.06. The first-order valence-electron chi connectivity index (χ1n) is 7.61. The predicted molar refractivity (Wildman–Crippen MR) is 81.3 cm³/mol. The maximum atomic E-state index is 12.0. The van der Waals surface area contributed by atoms with Gasteiger partial charge in [-0.05, 0) is 33.0 Å². The van der Waals surface area contributed by atoms with E-state index in [9.17, 15) is 9.59 Å². The lowest BCUT2D eigenvalue weighted by Gasteiger charge is -2.25. The minimum Gasteiger partial charge on any atom is -0.480 e. The fraction of sp³-hybridized carbons (Fsp3) is 0.857. The second-order valence-corrected chi connectivity index (χ2v) is 4.81. The molecule has 0 spiro atoms. The Hall–Kier alpha value is -1.34. The maximum absolute atomic E-state index is 12.0. The minimum atomic E-state index is -1.13. The third-order valence-corrected chi connectivity index (χ3v) is 3.48. The van der Waals surface area contributed by atoms with E-state index in [-0.39, 0.29) is 13.0 Å². The second-order valence-electron chi connectivity index (χ2n) is 4.81. The van der Waals surface area contributed by atoms with Crippen LogP contribution in [0.15, 0.2) is 0 Å². The Kier molecular flexibility index (Phi) is 10.6. The van der Waals surface area contributed by atoms with Crippen LogP contribution in [0.5, 0.6) is 0 Å². The molecule has 0 aromatic rings. The van der Waals surface area contributed by atoms with Crippen molar-refractivity contribution < 1.29 is 19.8 Å². The molecule has 3 N–H and O–H groups in total. The highest BCUT2D eigenvalue weighted by Crippen LogP contribution is 1.99. The summed E-state index contributed by atoms with van der Waals surface area (Å²) in [5, 5.41) is 20.2. The van der Waals surface area contributed by atoms with Crippen molar-refractivity contribution in [3.8, 4) is 0 Å². The van der Waals surface area contributed by atoms with E-state index in [1.165, 1.54) is 0 Å². The Balaban J connectivity index is 4.31. The van der Waals surface area contributed by atoms with Crippen molar-refractivity contribution in [1.29, 1.82) is 0 Å². The Morgan fingerprint density at radius 1 is 1.10 bits per heavy atom. The van der Waals surface area contributed by atoms with Crippen LogP contribution in [0.1, 0.15) is 33.6 Å². The molecule has 0 aromatic carbocycles. The first-order valence-corrected chi connectivity index (χ1v) is 7.61. The zero-order valence-corrected chi connectivity index (χ0v) is 13.3. The lowest BCUT2D eigenvalue weighted by molar-refractivity contribution is -0.139. The van der Waals surface area contributed by atoms with Crippen molar-refractivity contribution in [1.82, 2.24) is 15.1 Å². The number of carboxylic acid groups (broad SMARTS) is 1. The van der Waals surface area contributed by atoms with Crippen LogP contribution in [-0.2, 0) is 4.79 Å². The topological polar surface area (TPSA) is 93.1 Å². The number of nitrogens with zero attached hydrogens (tertiary/aromatic N) is 2. The molecule has 0 rings (SSSR count). The number of carboxylic acids is 1. The number of carbonyl (C=O) groups excluding carboxylic acids is 1. The summed E-state index contributed by atoms with van der Waals surface area (Å²) < 4.78 is 0. The van der Waals surface area contributed by atoms with Crippen LogP contribution in [0.25, 0.3) is 0 Å². The molecule has 0 radical (unpaired) electrons. The lowest BCUT2D eigenvalue weighted by Crippen LogP contribution is -2.48. The first-order chi connectivity index (χ1) is 9.99. The molecule has 2 amide bonds. The van der Waals surface area contributed by atoms with Crippen LogP contribution in [0.4, 0.5) is 4.79 Å². The van der Waals surface area contributed by atoms with E-state index in [1.54, 1.807) is 4.90 Å². The highest BCUT2D eigenvalue weighted by molar-refractivity contribution is 5.82. The third kappa shape index (κ3) is 7.87. The molecule has 124 valence electrons. The predicted octanol–water partition coefficient (Wildman–Crippen LogP) is 0.585. The second kappa shape index (κ2) is 11.3. The monoisotopic (exact) mass is 303 g/mol. The summed E-state index contributed by atoms with van der Waals surface area (Å²) in [4.78, 5) is 26.9. The standard InChI is InChI=1S/C14H29N3O4/c1-4-16(5-2)9-7-10-17(6-3)14(21)15-12(8-11-18)13(19)20/h12,18H,4-11H2,1-3H3,(H,15,21)(H,19,20). The highest BCUT2D eigenvalue weighted by Gasteiger charge is 2.21. The van der Waals surface area contributed by atoms with Crippen molar-refractivity contribution in [2.45, 2.75) is 39.7 Å².